The highest BCUT2D eigenvalue weighted by molar-refractivity contribution is 7.89. The van der Waals surface area contributed by atoms with Crippen molar-refractivity contribution >= 4 is 27.2 Å². The van der Waals surface area contributed by atoms with Gasteiger partial charge in [0.25, 0.3) is 0 Å². The first-order valence-electron chi connectivity index (χ1n) is 13.3. The molecule has 0 spiro atoms. The van der Waals surface area contributed by atoms with Crippen molar-refractivity contribution in [2.75, 3.05) is 13.2 Å². The van der Waals surface area contributed by atoms with Crippen LogP contribution in [0, 0.1) is 13.8 Å². The van der Waals surface area contributed by atoms with Crippen LogP contribution < -0.4 is 4.74 Å². The van der Waals surface area contributed by atoms with Crippen LogP contribution in [0.2, 0.25) is 0 Å². The number of pyridine rings is 1. The summed E-state index contributed by atoms with van der Waals surface area (Å²) in [5.74, 6) is -0.341. The standard InChI is InChI=1S/C29H33N5O5S/c1-6-38-27(35)14-23(24-15-30-29-28(20(24)4)31-32-33(29)5)21-12-11-18(2)22(13-21)17-34-16-19(3)39-25-9-7-8-10-26(25)40(34,36)37/h7-13,15,19,23H,6,14,16-17H2,1-5H3/t19-,23?/m1/s1. The second-order valence-corrected chi connectivity index (χ2v) is 12.1. The number of aromatic nitrogens is 4. The largest absolute Gasteiger partial charge is 0.488 e. The molecule has 1 unspecified atom stereocenters. The number of hydrogen-bond donors (Lipinski definition) is 0. The Labute approximate surface area is 234 Å². The van der Waals surface area contributed by atoms with E-state index in [9.17, 15) is 13.2 Å². The van der Waals surface area contributed by atoms with Crippen molar-refractivity contribution in [2.24, 2.45) is 7.05 Å². The fraction of sp³-hybridized carbons (Fsp3) is 0.379. The van der Waals surface area contributed by atoms with E-state index in [4.69, 9.17) is 9.47 Å². The number of esters is 1. The Bertz CT molecular complexity index is 1680. The highest BCUT2D eigenvalue weighted by Gasteiger charge is 2.34. The maximum Gasteiger partial charge on any atom is 0.306 e. The second-order valence-electron chi connectivity index (χ2n) is 10.1. The molecule has 2 aromatic carbocycles. The van der Waals surface area contributed by atoms with Gasteiger partial charge < -0.3 is 9.47 Å². The summed E-state index contributed by atoms with van der Waals surface area (Å²) in [5.41, 5.74) is 5.69. The molecule has 2 atom stereocenters. The van der Waals surface area contributed by atoms with Gasteiger partial charge in [-0.2, -0.15) is 4.31 Å². The Morgan fingerprint density at radius 1 is 1.20 bits per heavy atom. The molecule has 1 aliphatic rings. The van der Waals surface area contributed by atoms with Crippen molar-refractivity contribution in [1.82, 2.24) is 24.3 Å². The van der Waals surface area contributed by atoms with Gasteiger partial charge in [0, 0.05) is 25.7 Å². The zero-order chi connectivity index (χ0) is 28.6. The van der Waals surface area contributed by atoms with E-state index >= 15 is 0 Å². The summed E-state index contributed by atoms with van der Waals surface area (Å²) in [7, 11) is -2.02. The van der Waals surface area contributed by atoms with Gasteiger partial charge in [-0.05, 0) is 67.6 Å². The molecule has 1 aliphatic heterocycles. The minimum Gasteiger partial charge on any atom is -0.488 e. The number of ether oxygens (including phenoxy) is 2. The van der Waals surface area contributed by atoms with Gasteiger partial charge >= 0.3 is 5.97 Å². The highest BCUT2D eigenvalue weighted by atomic mass is 32.2. The van der Waals surface area contributed by atoms with Gasteiger partial charge in [-0.25, -0.2) is 18.1 Å². The van der Waals surface area contributed by atoms with Crippen LogP contribution in [0.25, 0.3) is 11.2 Å². The van der Waals surface area contributed by atoms with Crippen molar-refractivity contribution < 1.29 is 22.7 Å². The maximum atomic E-state index is 13.7. The van der Waals surface area contributed by atoms with Gasteiger partial charge in [0.05, 0.1) is 19.6 Å². The van der Waals surface area contributed by atoms with Gasteiger partial charge in [-0.3, -0.25) is 4.79 Å². The van der Waals surface area contributed by atoms with E-state index in [2.05, 4.69) is 15.3 Å². The van der Waals surface area contributed by atoms with Crippen LogP contribution in [-0.2, 0) is 33.1 Å². The lowest BCUT2D eigenvalue weighted by Gasteiger charge is -2.24. The number of fused-ring (bicyclic) bond motifs is 2. The van der Waals surface area contributed by atoms with Gasteiger partial charge in [0.1, 0.15) is 22.3 Å². The van der Waals surface area contributed by atoms with Crippen molar-refractivity contribution in [3.63, 3.8) is 0 Å². The minimum absolute atomic E-state index is 0.102. The van der Waals surface area contributed by atoms with E-state index < -0.39 is 10.0 Å². The molecule has 0 N–H and O–H groups in total. The molecule has 3 heterocycles. The Hall–Kier alpha value is -3.83. The molecule has 5 rings (SSSR count). The average Bonchev–Trinajstić information content (AvgIpc) is 3.26. The number of carbonyl (C=O) groups excluding carboxylic acids is 1. The Kier molecular flexibility index (Phi) is 7.61. The van der Waals surface area contributed by atoms with Gasteiger partial charge in [0.15, 0.2) is 5.65 Å². The normalized spacial score (nSPS) is 17.6. The van der Waals surface area contributed by atoms with Crippen LogP contribution in [0.3, 0.4) is 0 Å². The molecule has 4 aromatic rings. The molecule has 2 aromatic heterocycles. The quantitative estimate of drug-likeness (QED) is 0.310. The molecule has 0 aliphatic carbocycles. The molecular weight excluding hydrogens is 530 g/mol. The average molecular weight is 564 g/mol. The van der Waals surface area contributed by atoms with E-state index in [1.54, 1.807) is 49.1 Å². The number of aryl methyl sites for hydroxylation is 3. The third-order valence-electron chi connectivity index (χ3n) is 7.34. The first kappa shape index (κ1) is 27.7. The van der Waals surface area contributed by atoms with Crippen LogP contribution in [0.4, 0.5) is 0 Å². The molecule has 10 nitrogen and oxygen atoms in total. The van der Waals surface area contributed by atoms with Crippen LogP contribution in [0.15, 0.2) is 53.6 Å². The predicted octanol–water partition coefficient (Wildman–Crippen LogP) is 4.04. The number of para-hydroxylation sites is 1. The molecule has 0 saturated carbocycles. The van der Waals surface area contributed by atoms with E-state index in [-0.39, 0.29) is 49.0 Å². The number of sulfonamides is 1. The molecule has 11 heteroatoms. The molecule has 0 radical (unpaired) electrons. The molecular formula is C29H33N5O5S. The lowest BCUT2D eigenvalue weighted by Crippen LogP contribution is -2.35. The fourth-order valence-corrected chi connectivity index (χ4v) is 6.82. The van der Waals surface area contributed by atoms with Gasteiger partial charge in [0.2, 0.25) is 10.0 Å². The number of hydrogen-bond acceptors (Lipinski definition) is 8. The van der Waals surface area contributed by atoms with Crippen LogP contribution in [0.1, 0.15) is 54.0 Å². The van der Waals surface area contributed by atoms with E-state index in [1.165, 1.54) is 4.31 Å². The number of benzene rings is 2. The monoisotopic (exact) mass is 563 g/mol. The van der Waals surface area contributed by atoms with Crippen molar-refractivity contribution in [1.29, 1.82) is 0 Å². The van der Waals surface area contributed by atoms with E-state index in [0.717, 1.165) is 27.8 Å². The van der Waals surface area contributed by atoms with Gasteiger partial charge in [-0.1, -0.05) is 35.5 Å². The van der Waals surface area contributed by atoms with Crippen molar-refractivity contribution in [3.8, 4) is 5.75 Å². The summed E-state index contributed by atoms with van der Waals surface area (Å²) < 4.78 is 41.7. The molecule has 0 bridgehead atoms. The summed E-state index contributed by atoms with van der Waals surface area (Å²) >= 11 is 0. The molecule has 210 valence electrons. The number of carbonyl (C=O) groups is 1. The lowest BCUT2D eigenvalue weighted by molar-refractivity contribution is -0.143. The minimum atomic E-state index is -3.80. The van der Waals surface area contributed by atoms with Crippen LogP contribution >= 0.6 is 0 Å². The number of rotatable bonds is 7. The topological polar surface area (TPSA) is 117 Å². The SMILES string of the molecule is CCOC(=O)CC(c1ccc(C)c(CN2C[C@@H](C)Oc3ccccc3S2(=O)=O)c1)c1cnc2c(nnn2C)c1C. The second kappa shape index (κ2) is 11.0. The first-order valence-corrected chi connectivity index (χ1v) is 14.7. The smallest absolute Gasteiger partial charge is 0.306 e. The third-order valence-corrected chi connectivity index (χ3v) is 9.19. The highest BCUT2D eigenvalue weighted by Crippen LogP contribution is 2.35. The fourth-order valence-electron chi connectivity index (χ4n) is 5.21. The summed E-state index contributed by atoms with van der Waals surface area (Å²) in [6.45, 7) is 8.19. The lowest BCUT2D eigenvalue weighted by atomic mass is 9.85. The van der Waals surface area contributed by atoms with E-state index in [1.807, 2.05) is 39.0 Å². The van der Waals surface area contributed by atoms with Crippen LogP contribution in [-0.4, -0.2) is 57.9 Å². The van der Waals surface area contributed by atoms with Gasteiger partial charge in [-0.15, -0.1) is 5.10 Å². The van der Waals surface area contributed by atoms with E-state index in [0.29, 0.717) is 16.9 Å². The van der Waals surface area contributed by atoms with Crippen molar-refractivity contribution in [3.05, 3.63) is 76.5 Å². The maximum absolute atomic E-state index is 13.7. The zero-order valence-electron chi connectivity index (χ0n) is 23.3. The number of nitrogens with zero attached hydrogens (tertiary/aromatic N) is 5. The zero-order valence-corrected chi connectivity index (χ0v) is 24.1. The Morgan fingerprint density at radius 2 is 1.98 bits per heavy atom. The first-order chi connectivity index (χ1) is 19.1. The summed E-state index contributed by atoms with van der Waals surface area (Å²) in [6, 6.07) is 12.6. The summed E-state index contributed by atoms with van der Waals surface area (Å²) in [6.07, 6.45) is 1.54. The Balaban J connectivity index is 1.56. The summed E-state index contributed by atoms with van der Waals surface area (Å²) in [4.78, 5) is 17.5. The van der Waals surface area contributed by atoms with Crippen molar-refractivity contribution in [2.45, 2.75) is 57.6 Å². The Morgan fingerprint density at radius 3 is 2.75 bits per heavy atom. The summed E-state index contributed by atoms with van der Waals surface area (Å²) in [5, 5.41) is 8.37. The molecule has 0 amide bonds. The van der Waals surface area contributed by atoms with Crippen LogP contribution in [0.5, 0.6) is 5.75 Å². The predicted molar refractivity (Wildman–Crippen MR) is 149 cm³/mol. The molecule has 0 saturated heterocycles. The molecule has 40 heavy (non-hydrogen) atoms. The third kappa shape index (κ3) is 5.18. The molecule has 0 fully saturated rings.